The van der Waals surface area contributed by atoms with Crippen LogP contribution in [0.1, 0.15) is 44.4 Å². The van der Waals surface area contributed by atoms with Crippen LogP contribution in [0.25, 0.3) is 0 Å². The van der Waals surface area contributed by atoms with Crippen molar-refractivity contribution in [1.29, 1.82) is 0 Å². The first-order chi connectivity index (χ1) is 20.0. The zero-order valence-electron chi connectivity index (χ0n) is 24.5. The summed E-state index contributed by atoms with van der Waals surface area (Å²) in [5.74, 6) is -0.377. The van der Waals surface area contributed by atoms with Gasteiger partial charge in [-0.3, -0.25) is 4.57 Å². The van der Waals surface area contributed by atoms with Gasteiger partial charge in [0.1, 0.15) is 11.9 Å². The molecule has 0 saturated heterocycles. The van der Waals surface area contributed by atoms with E-state index in [0.29, 0.717) is 0 Å². The Morgan fingerprint density at radius 3 is 1.62 bits per heavy atom. The molecule has 0 bridgehead atoms. The van der Waals surface area contributed by atoms with Gasteiger partial charge in [-0.05, 0) is 44.4 Å². The summed E-state index contributed by atoms with van der Waals surface area (Å²) in [7, 11) is -3.65. The van der Waals surface area contributed by atoms with Gasteiger partial charge >= 0.3 is 13.6 Å². The lowest BCUT2D eigenvalue weighted by Gasteiger charge is -2.37. The fraction of sp³-hybridized carbons (Fsp3) is 0.355. The highest BCUT2D eigenvalue weighted by atomic mass is 31.2. The molecule has 0 heterocycles. The minimum absolute atomic E-state index is 0.0237. The number of rotatable bonds is 15. The number of amides is 2. The number of guanidine groups is 1. The number of urea groups is 1. The lowest BCUT2D eigenvalue weighted by molar-refractivity contribution is -0.0576. The molecule has 3 aromatic carbocycles. The average Bonchev–Trinajstić information content (AvgIpc) is 2.95. The first kappa shape index (κ1) is 33.0. The SMILES string of the molecule is CC(C)OP(=O)(CO[C@@H](CNC(=O)N=C(N)N)COC(c1ccccc1)(c1ccccc1)c1ccccc1)OC(C)C. The lowest BCUT2D eigenvalue weighted by atomic mass is 9.80. The predicted octanol–water partition coefficient (Wildman–Crippen LogP) is 5.36. The summed E-state index contributed by atoms with van der Waals surface area (Å²) >= 11 is 0. The van der Waals surface area contributed by atoms with Crippen molar-refractivity contribution in [2.24, 2.45) is 16.5 Å². The number of aliphatic imine (C=N–C) groups is 1. The van der Waals surface area contributed by atoms with Crippen molar-refractivity contribution in [1.82, 2.24) is 5.32 Å². The molecule has 1 atom stereocenters. The smallest absolute Gasteiger partial charge is 0.356 e. The van der Waals surface area contributed by atoms with Crippen LogP contribution in [0.5, 0.6) is 0 Å². The summed E-state index contributed by atoms with van der Waals surface area (Å²) in [6.07, 6.45) is -1.88. The first-order valence-electron chi connectivity index (χ1n) is 13.8. The molecule has 226 valence electrons. The predicted molar refractivity (Wildman–Crippen MR) is 164 cm³/mol. The van der Waals surface area contributed by atoms with Crippen LogP contribution in [-0.4, -0.2) is 49.8 Å². The zero-order valence-corrected chi connectivity index (χ0v) is 25.4. The van der Waals surface area contributed by atoms with Gasteiger partial charge in [0.15, 0.2) is 5.96 Å². The normalized spacial score (nSPS) is 12.7. The van der Waals surface area contributed by atoms with Crippen molar-refractivity contribution in [3.05, 3.63) is 108 Å². The third-order valence-electron chi connectivity index (χ3n) is 5.95. The number of nitrogens with zero attached hydrogens (tertiary/aromatic N) is 1. The number of carbonyl (C=O) groups excluding carboxylic acids is 1. The van der Waals surface area contributed by atoms with E-state index in [4.69, 9.17) is 30.0 Å². The number of nitrogens with one attached hydrogen (secondary N) is 1. The molecule has 0 aliphatic carbocycles. The van der Waals surface area contributed by atoms with E-state index < -0.39 is 25.3 Å². The Hall–Kier alpha value is -3.53. The molecule has 3 aromatic rings. The minimum Gasteiger partial charge on any atom is -0.370 e. The van der Waals surface area contributed by atoms with Crippen molar-refractivity contribution >= 4 is 19.6 Å². The van der Waals surface area contributed by atoms with Crippen molar-refractivity contribution in [3.8, 4) is 0 Å². The number of hydrogen-bond donors (Lipinski definition) is 3. The van der Waals surface area contributed by atoms with Gasteiger partial charge in [0, 0.05) is 6.54 Å². The molecule has 0 aromatic heterocycles. The second-order valence-corrected chi connectivity index (χ2v) is 12.1. The van der Waals surface area contributed by atoms with E-state index in [1.165, 1.54) is 0 Å². The van der Waals surface area contributed by atoms with Crippen molar-refractivity contribution < 1.29 is 27.9 Å². The molecule has 42 heavy (non-hydrogen) atoms. The standard InChI is InChI=1S/C31H41N4O6P/c1-23(2)40-42(37,41-24(3)4)22-38-28(20-34-30(36)35-29(32)33)21-39-31(25-14-8-5-9-15-25,26-16-10-6-11-17-26)27-18-12-7-13-19-27/h5-19,23-24,28H,20-22H2,1-4H3,(H5,32,33,34,35,36)/t28-/m0/s1. The maximum Gasteiger partial charge on any atom is 0.356 e. The van der Waals surface area contributed by atoms with Gasteiger partial charge in [0.25, 0.3) is 0 Å². The summed E-state index contributed by atoms with van der Waals surface area (Å²) < 4.78 is 37.8. The number of benzene rings is 3. The highest BCUT2D eigenvalue weighted by Crippen LogP contribution is 2.50. The quantitative estimate of drug-likeness (QED) is 0.0919. The molecule has 0 aliphatic heterocycles. The fourth-order valence-electron chi connectivity index (χ4n) is 4.44. The third-order valence-corrected chi connectivity index (χ3v) is 7.90. The lowest BCUT2D eigenvalue weighted by Crippen LogP contribution is -2.41. The van der Waals surface area contributed by atoms with Crippen LogP contribution < -0.4 is 16.8 Å². The van der Waals surface area contributed by atoms with Crippen LogP contribution in [0.4, 0.5) is 4.79 Å². The molecule has 0 unspecified atom stereocenters. The molecule has 10 nitrogen and oxygen atoms in total. The molecule has 0 aliphatic rings. The van der Waals surface area contributed by atoms with Crippen LogP contribution in [0, 0.1) is 0 Å². The van der Waals surface area contributed by atoms with Crippen LogP contribution in [0.3, 0.4) is 0 Å². The monoisotopic (exact) mass is 596 g/mol. The first-order valence-corrected chi connectivity index (χ1v) is 15.5. The molecule has 0 fully saturated rings. The zero-order chi connectivity index (χ0) is 30.6. The Morgan fingerprint density at radius 2 is 1.24 bits per heavy atom. The summed E-state index contributed by atoms with van der Waals surface area (Å²) in [5.41, 5.74) is 12.4. The van der Waals surface area contributed by atoms with E-state index in [-0.39, 0.29) is 37.7 Å². The number of nitrogens with two attached hydrogens (primary N) is 2. The number of ether oxygens (including phenoxy) is 2. The van der Waals surface area contributed by atoms with Crippen LogP contribution in [-0.2, 0) is 28.7 Å². The Labute approximate surface area is 247 Å². The fourth-order valence-corrected chi connectivity index (χ4v) is 6.28. The maximum absolute atomic E-state index is 13.5. The summed E-state index contributed by atoms with van der Waals surface area (Å²) in [5, 5.41) is 2.62. The molecule has 2 amide bonds. The summed E-state index contributed by atoms with van der Waals surface area (Å²) in [6.45, 7) is 6.98. The number of hydrogen-bond acceptors (Lipinski definition) is 6. The van der Waals surface area contributed by atoms with E-state index in [1.54, 1.807) is 27.7 Å². The molecular formula is C31H41N4O6P. The minimum atomic E-state index is -3.65. The van der Waals surface area contributed by atoms with Crippen molar-refractivity contribution in [3.63, 3.8) is 0 Å². The van der Waals surface area contributed by atoms with E-state index in [2.05, 4.69) is 10.3 Å². The van der Waals surface area contributed by atoms with E-state index in [1.807, 2.05) is 91.0 Å². The maximum atomic E-state index is 13.5. The van der Waals surface area contributed by atoms with E-state index >= 15 is 0 Å². The molecule has 0 radical (unpaired) electrons. The largest absolute Gasteiger partial charge is 0.370 e. The molecule has 0 saturated carbocycles. The van der Waals surface area contributed by atoms with Gasteiger partial charge < -0.3 is 35.3 Å². The molecule has 11 heteroatoms. The van der Waals surface area contributed by atoms with Crippen molar-refractivity contribution in [2.75, 3.05) is 19.5 Å². The Morgan fingerprint density at radius 1 is 0.810 bits per heavy atom. The topological polar surface area (TPSA) is 147 Å². The Bertz CT molecular complexity index is 1210. The third kappa shape index (κ3) is 9.51. The Kier molecular flexibility index (Phi) is 12.3. The highest BCUT2D eigenvalue weighted by Gasteiger charge is 2.39. The Balaban J connectivity index is 2.00. The summed E-state index contributed by atoms with van der Waals surface area (Å²) in [4.78, 5) is 15.8. The van der Waals surface area contributed by atoms with Crippen LogP contribution >= 0.6 is 7.60 Å². The van der Waals surface area contributed by atoms with Crippen LogP contribution in [0.15, 0.2) is 96.0 Å². The van der Waals surface area contributed by atoms with Gasteiger partial charge in [-0.2, -0.15) is 4.99 Å². The summed E-state index contributed by atoms with van der Waals surface area (Å²) in [6, 6.07) is 28.8. The molecule has 3 rings (SSSR count). The molecular weight excluding hydrogens is 555 g/mol. The van der Waals surface area contributed by atoms with Gasteiger partial charge in [0.2, 0.25) is 0 Å². The average molecular weight is 597 g/mol. The van der Waals surface area contributed by atoms with Gasteiger partial charge in [-0.1, -0.05) is 91.0 Å². The second kappa shape index (κ2) is 15.6. The van der Waals surface area contributed by atoms with Gasteiger partial charge in [-0.25, -0.2) is 4.79 Å². The van der Waals surface area contributed by atoms with Crippen molar-refractivity contribution in [2.45, 2.75) is 51.6 Å². The van der Waals surface area contributed by atoms with Crippen LogP contribution in [0.2, 0.25) is 0 Å². The van der Waals surface area contributed by atoms with E-state index in [0.717, 1.165) is 16.7 Å². The molecule has 0 spiro atoms. The van der Waals surface area contributed by atoms with Gasteiger partial charge in [-0.15, -0.1) is 0 Å². The van der Waals surface area contributed by atoms with Gasteiger partial charge in [0.05, 0.1) is 24.9 Å². The number of carbonyl (C=O) groups is 1. The second-order valence-electron chi connectivity index (χ2n) is 10.1. The highest BCUT2D eigenvalue weighted by molar-refractivity contribution is 7.53. The molecule has 5 N–H and O–H groups in total. The van der Waals surface area contributed by atoms with E-state index in [9.17, 15) is 9.36 Å².